The van der Waals surface area contributed by atoms with Crippen LogP contribution in [-0.4, -0.2) is 0 Å². The minimum Gasteiger partial charge on any atom is -0.102 e. The quantitative estimate of drug-likeness (QED) is 0.514. The molecule has 5 rings (SSSR count). The first-order chi connectivity index (χ1) is 12.3. The molecule has 0 radical (unpaired) electrons. The van der Waals surface area contributed by atoms with Crippen molar-refractivity contribution in [1.29, 1.82) is 0 Å². The Morgan fingerprint density at radius 1 is 0.800 bits per heavy atom. The van der Waals surface area contributed by atoms with E-state index in [0.29, 0.717) is 11.8 Å². The zero-order valence-electron chi connectivity index (χ0n) is 14.5. The molecule has 25 heavy (non-hydrogen) atoms. The first-order valence-electron chi connectivity index (χ1n) is 9.08. The van der Waals surface area contributed by atoms with Crippen LogP contribution in [0.4, 0.5) is 0 Å². The van der Waals surface area contributed by atoms with Crippen LogP contribution in [0.3, 0.4) is 0 Å². The smallest absolute Gasteiger partial charge is 0.0348 e. The standard InChI is InChI=1S/C25H22/c1-3-21-20-16-10-11-17-22(20)25(19-14-8-5-9-15-19)23(24(21,25)2)18-12-6-4-7-13-18/h3-17,21,23H,1H2,2H3. The van der Waals surface area contributed by atoms with Crippen molar-refractivity contribution in [3.63, 3.8) is 0 Å². The van der Waals surface area contributed by atoms with Crippen molar-refractivity contribution >= 4 is 0 Å². The predicted molar refractivity (Wildman–Crippen MR) is 104 cm³/mol. The van der Waals surface area contributed by atoms with E-state index in [1.807, 2.05) is 0 Å². The summed E-state index contributed by atoms with van der Waals surface area (Å²) in [7, 11) is 0. The van der Waals surface area contributed by atoms with Crippen LogP contribution in [0.2, 0.25) is 0 Å². The van der Waals surface area contributed by atoms with Crippen molar-refractivity contribution in [2.24, 2.45) is 5.41 Å². The first-order valence-corrected chi connectivity index (χ1v) is 9.08. The third-order valence-corrected chi connectivity index (χ3v) is 6.76. The zero-order valence-corrected chi connectivity index (χ0v) is 14.5. The van der Waals surface area contributed by atoms with Gasteiger partial charge in [0.05, 0.1) is 0 Å². The van der Waals surface area contributed by atoms with Crippen molar-refractivity contribution in [3.8, 4) is 0 Å². The Hall–Kier alpha value is -2.60. The van der Waals surface area contributed by atoms with E-state index >= 15 is 0 Å². The maximum absolute atomic E-state index is 4.22. The Morgan fingerprint density at radius 2 is 1.40 bits per heavy atom. The van der Waals surface area contributed by atoms with Crippen LogP contribution in [0.25, 0.3) is 0 Å². The number of allylic oxidation sites excluding steroid dienone is 1. The van der Waals surface area contributed by atoms with Gasteiger partial charge in [0.15, 0.2) is 0 Å². The first kappa shape index (κ1) is 14.7. The van der Waals surface area contributed by atoms with Crippen LogP contribution in [0, 0.1) is 5.41 Å². The lowest BCUT2D eigenvalue weighted by Gasteiger charge is -2.20. The third kappa shape index (κ3) is 1.58. The molecule has 3 aromatic rings. The van der Waals surface area contributed by atoms with E-state index in [-0.39, 0.29) is 10.8 Å². The van der Waals surface area contributed by atoms with Gasteiger partial charge in [-0.25, -0.2) is 0 Å². The normalized spacial score (nSPS) is 31.9. The van der Waals surface area contributed by atoms with E-state index in [9.17, 15) is 0 Å². The molecule has 1 fully saturated rings. The zero-order chi connectivity index (χ0) is 17.1. The fraction of sp³-hybridized carbons (Fsp3) is 0.200. The maximum Gasteiger partial charge on any atom is 0.0348 e. The highest BCUT2D eigenvalue weighted by Crippen LogP contribution is 2.85. The Labute approximate surface area is 149 Å². The lowest BCUT2D eigenvalue weighted by molar-refractivity contribution is 0.474. The average Bonchev–Trinajstić information content (AvgIpc) is 3.17. The lowest BCUT2D eigenvalue weighted by atomic mass is 9.83. The van der Waals surface area contributed by atoms with Gasteiger partial charge in [0.25, 0.3) is 0 Å². The fourth-order valence-electron chi connectivity index (χ4n) is 5.91. The number of hydrogen-bond acceptors (Lipinski definition) is 0. The van der Waals surface area contributed by atoms with E-state index in [4.69, 9.17) is 0 Å². The number of rotatable bonds is 3. The van der Waals surface area contributed by atoms with Gasteiger partial charge in [-0.1, -0.05) is 97.9 Å². The minimum atomic E-state index is 0.0467. The monoisotopic (exact) mass is 322 g/mol. The summed E-state index contributed by atoms with van der Waals surface area (Å²) in [5, 5.41) is 0. The summed E-state index contributed by atoms with van der Waals surface area (Å²) >= 11 is 0. The molecular weight excluding hydrogens is 300 g/mol. The van der Waals surface area contributed by atoms with E-state index in [2.05, 4.69) is 105 Å². The summed E-state index contributed by atoms with van der Waals surface area (Å²) in [4.78, 5) is 0. The maximum atomic E-state index is 4.22. The van der Waals surface area contributed by atoms with Crippen molar-refractivity contribution in [3.05, 3.63) is 120 Å². The molecule has 0 spiro atoms. The van der Waals surface area contributed by atoms with Gasteiger partial charge in [-0.3, -0.25) is 0 Å². The second-order valence-corrected chi connectivity index (χ2v) is 7.60. The van der Waals surface area contributed by atoms with Crippen LogP contribution in [0.15, 0.2) is 97.6 Å². The number of fused-ring (bicyclic) bond motifs is 3. The van der Waals surface area contributed by atoms with Crippen molar-refractivity contribution in [1.82, 2.24) is 0 Å². The molecule has 0 saturated heterocycles. The molecule has 0 aromatic heterocycles. The van der Waals surface area contributed by atoms with Gasteiger partial charge in [-0.2, -0.15) is 0 Å². The van der Waals surface area contributed by atoms with Crippen molar-refractivity contribution in [2.45, 2.75) is 24.2 Å². The van der Waals surface area contributed by atoms with Gasteiger partial charge in [0.1, 0.15) is 0 Å². The van der Waals surface area contributed by atoms with Gasteiger partial charge in [0, 0.05) is 22.7 Å². The Bertz CT molecular complexity index is 940. The highest BCUT2D eigenvalue weighted by molar-refractivity contribution is 5.69. The lowest BCUT2D eigenvalue weighted by Crippen LogP contribution is -2.14. The fourth-order valence-corrected chi connectivity index (χ4v) is 5.91. The van der Waals surface area contributed by atoms with E-state index in [1.165, 1.54) is 22.3 Å². The summed E-state index contributed by atoms with van der Waals surface area (Å²) in [6.07, 6.45) is 2.17. The van der Waals surface area contributed by atoms with Gasteiger partial charge in [-0.05, 0) is 22.3 Å². The molecule has 2 aliphatic carbocycles. The molecule has 0 amide bonds. The van der Waals surface area contributed by atoms with Crippen LogP contribution in [-0.2, 0) is 5.41 Å². The highest BCUT2D eigenvalue weighted by Gasteiger charge is 2.81. The molecule has 4 unspecified atom stereocenters. The largest absolute Gasteiger partial charge is 0.102 e. The molecule has 0 bridgehead atoms. The number of hydrogen-bond donors (Lipinski definition) is 0. The SMILES string of the molecule is C=CC1c2ccccc2C2(c3ccccc3)C(c3ccccc3)C12C. The molecule has 4 atom stereocenters. The summed E-state index contributed by atoms with van der Waals surface area (Å²) in [6, 6.07) is 31.1. The van der Waals surface area contributed by atoms with Gasteiger partial charge in [0.2, 0.25) is 0 Å². The summed E-state index contributed by atoms with van der Waals surface area (Å²) in [5.41, 5.74) is 6.00. The predicted octanol–water partition coefficient (Wildman–Crippen LogP) is 6.06. The topological polar surface area (TPSA) is 0 Å². The average molecular weight is 322 g/mol. The molecular formula is C25H22. The molecule has 0 aliphatic heterocycles. The van der Waals surface area contributed by atoms with E-state index in [0.717, 1.165) is 0 Å². The molecule has 0 heteroatoms. The van der Waals surface area contributed by atoms with Crippen molar-refractivity contribution in [2.75, 3.05) is 0 Å². The van der Waals surface area contributed by atoms with E-state index in [1.54, 1.807) is 0 Å². The van der Waals surface area contributed by atoms with E-state index < -0.39 is 0 Å². The second kappa shape index (κ2) is 4.95. The Balaban J connectivity index is 1.83. The molecule has 3 aromatic carbocycles. The summed E-state index contributed by atoms with van der Waals surface area (Å²) in [5.74, 6) is 0.871. The highest BCUT2D eigenvalue weighted by atomic mass is 14.8. The minimum absolute atomic E-state index is 0.0467. The molecule has 0 nitrogen and oxygen atoms in total. The van der Waals surface area contributed by atoms with Crippen molar-refractivity contribution < 1.29 is 0 Å². The molecule has 122 valence electrons. The summed E-state index contributed by atoms with van der Waals surface area (Å²) < 4.78 is 0. The van der Waals surface area contributed by atoms with Crippen LogP contribution in [0.5, 0.6) is 0 Å². The van der Waals surface area contributed by atoms with Gasteiger partial charge in [-0.15, -0.1) is 6.58 Å². The van der Waals surface area contributed by atoms with Gasteiger partial charge < -0.3 is 0 Å². The Morgan fingerprint density at radius 3 is 2.08 bits per heavy atom. The van der Waals surface area contributed by atoms with Crippen LogP contribution >= 0.6 is 0 Å². The Kier molecular flexibility index (Phi) is 2.92. The van der Waals surface area contributed by atoms with Crippen LogP contribution in [0.1, 0.15) is 41.0 Å². The summed E-state index contributed by atoms with van der Waals surface area (Å²) in [6.45, 7) is 6.68. The van der Waals surface area contributed by atoms with Crippen LogP contribution < -0.4 is 0 Å². The second-order valence-electron chi connectivity index (χ2n) is 7.60. The molecule has 1 saturated carbocycles. The third-order valence-electron chi connectivity index (χ3n) is 6.76. The molecule has 0 N–H and O–H groups in total. The molecule has 0 heterocycles. The van der Waals surface area contributed by atoms with Gasteiger partial charge >= 0.3 is 0 Å². The molecule has 2 aliphatic rings. The number of benzene rings is 3.